The molecule has 5 heteroatoms. The monoisotopic (exact) mass is 305 g/mol. The smallest absolute Gasteiger partial charge is 0.258 e. The van der Waals surface area contributed by atoms with E-state index in [1.807, 2.05) is 17.5 Å². The van der Waals surface area contributed by atoms with Crippen LogP contribution >= 0.6 is 23.6 Å². The molecule has 1 aromatic heterocycles. The first-order chi connectivity index (χ1) is 9.66. The molecule has 1 fully saturated rings. The van der Waals surface area contributed by atoms with Gasteiger partial charge in [-0.3, -0.25) is 0 Å². The number of halogens is 1. The van der Waals surface area contributed by atoms with Crippen molar-refractivity contribution >= 4 is 28.7 Å². The lowest BCUT2D eigenvalue weighted by molar-refractivity contribution is 0.126. The Morgan fingerprint density at radius 3 is 2.70 bits per heavy atom. The van der Waals surface area contributed by atoms with Crippen LogP contribution < -0.4 is 5.32 Å². The number of thiocarbonyl (C=S) groups is 1. The summed E-state index contributed by atoms with van der Waals surface area (Å²) in [5.41, 5.74) is 0.0688. The SMILES string of the molecule is C=C[C@@H]1NC(=S)O[C@@]1(c1ccc(F)cc1)c1cccs1. The molecule has 2 aromatic rings. The molecule has 0 radical (unpaired) electrons. The minimum Gasteiger partial charge on any atom is -0.451 e. The van der Waals surface area contributed by atoms with Gasteiger partial charge in [0.25, 0.3) is 5.17 Å². The molecule has 0 unspecified atom stereocenters. The number of ether oxygens (including phenoxy) is 1. The molecule has 1 aromatic carbocycles. The van der Waals surface area contributed by atoms with E-state index in [-0.39, 0.29) is 11.9 Å². The van der Waals surface area contributed by atoms with Gasteiger partial charge in [-0.15, -0.1) is 17.9 Å². The molecule has 1 saturated heterocycles. The van der Waals surface area contributed by atoms with Crippen molar-refractivity contribution in [3.05, 3.63) is 70.7 Å². The van der Waals surface area contributed by atoms with Crippen LogP contribution in [-0.2, 0) is 10.3 Å². The van der Waals surface area contributed by atoms with Crippen molar-refractivity contribution in [3.63, 3.8) is 0 Å². The topological polar surface area (TPSA) is 21.3 Å². The molecule has 0 bridgehead atoms. The molecule has 2 heterocycles. The molecule has 0 saturated carbocycles. The third-order valence-corrected chi connectivity index (χ3v) is 4.55. The molecule has 1 N–H and O–H groups in total. The maximum Gasteiger partial charge on any atom is 0.258 e. The third-order valence-electron chi connectivity index (χ3n) is 3.36. The maximum absolute atomic E-state index is 13.2. The van der Waals surface area contributed by atoms with E-state index in [1.54, 1.807) is 29.5 Å². The minimum absolute atomic E-state index is 0.195. The normalized spacial score (nSPS) is 25.1. The van der Waals surface area contributed by atoms with Gasteiger partial charge in [0.15, 0.2) is 5.60 Å². The highest BCUT2D eigenvalue weighted by atomic mass is 32.1. The highest BCUT2D eigenvalue weighted by molar-refractivity contribution is 7.80. The first kappa shape index (κ1) is 13.3. The van der Waals surface area contributed by atoms with Crippen LogP contribution in [0.15, 0.2) is 54.4 Å². The minimum atomic E-state index is -0.777. The quantitative estimate of drug-likeness (QED) is 0.692. The number of hydrogen-bond donors (Lipinski definition) is 1. The number of benzene rings is 1. The van der Waals surface area contributed by atoms with Crippen molar-refractivity contribution in [2.24, 2.45) is 0 Å². The highest BCUT2D eigenvalue weighted by Gasteiger charge is 2.50. The van der Waals surface area contributed by atoms with E-state index in [0.29, 0.717) is 5.17 Å². The van der Waals surface area contributed by atoms with Crippen molar-refractivity contribution < 1.29 is 9.13 Å². The molecular weight excluding hydrogens is 293 g/mol. The van der Waals surface area contributed by atoms with Gasteiger partial charge in [-0.2, -0.15) is 0 Å². The van der Waals surface area contributed by atoms with E-state index in [1.165, 1.54) is 12.1 Å². The molecule has 2 atom stereocenters. The zero-order valence-corrected chi connectivity index (χ0v) is 12.1. The second-order valence-electron chi connectivity index (χ2n) is 4.47. The molecule has 1 aliphatic heterocycles. The van der Waals surface area contributed by atoms with Gasteiger partial charge in [0.1, 0.15) is 5.82 Å². The molecule has 1 aliphatic rings. The Labute approximate surface area is 125 Å². The number of thiophene rings is 1. The van der Waals surface area contributed by atoms with Crippen LogP contribution in [0.5, 0.6) is 0 Å². The predicted molar refractivity (Wildman–Crippen MR) is 82.3 cm³/mol. The molecule has 0 spiro atoms. The molecule has 0 amide bonds. The van der Waals surface area contributed by atoms with Crippen LogP contribution in [0.25, 0.3) is 0 Å². The van der Waals surface area contributed by atoms with Crippen molar-refractivity contribution in [3.8, 4) is 0 Å². The summed E-state index contributed by atoms with van der Waals surface area (Å²) in [5.74, 6) is -0.279. The van der Waals surface area contributed by atoms with Crippen molar-refractivity contribution in [1.29, 1.82) is 0 Å². The summed E-state index contributed by atoms with van der Waals surface area (Å²) in [5, 5.41) is 5.40. The van der Waals surface area contributed by atoms with Gasteiger partial charge in [0, 0.05) is 5.56 Å². The van der Waals surface area contributed by atoms with Gasteiger partial charge >= 0.3 is 0 Å². The van der Waals surface area contributed by atoms with Crippen molar-refractivity contribution in [2.45, 2.75) is 11.6 Å². The summed E-state index contributed by atoms with van der Waals surface area (Å²) >= 11 is 6.73. The van der Waals surface area contributed by atoms with E-state index in [9.17, 15) is 4.39 Å². The van der Waals surface area contributed by atoms with Crippen LogP contribution in [-0.4, -0.2) is 11.2 Å². The molecular formula is C15H12FNOS2. The lowest BCUT2D eigenvalue weighted by Crippen LogP contribution is -2.40. The number of hydrogen-bond acceptors (Lipinski definition) is 3. The van der Waals surface area contributed by atoms with E-state index in [0.717, 1.165) is 10.4 Å². The van der Waals surface area contributed by atoms with E-state index in [4.69, 9.17) is 17.0 Å². The average Bonchev–Trinajstić information content (AvgIpc) is 3.07. The van der Waals surface area contributed by atoms with Gasteiger partial charge < -0.3 is 10.1 Å². The Hall–Kier alpha value is -1.72. The van der Waals surface area contributed by atoms with Gasteiger partial charge in [-0.05, 0) is 35.8 Å². The van der Waals surface area contributed by atoms with Gasteiger partial charge in [-0.25, -0.2) is 4.39 Å². The van der Waals surface area contributed by atoms with Crippen LogP contribution in [0, 0.1) is 5.82 Å². The van der Waals surface area contributed by atoms with Crippen molar-refractivity contribution in [1.82, 2.24) is 5.32 Å². The second kappa shape index (κ2) is 5.00. The maximum atomic E-state index is 13.2. The highest BCUT2D eigenvalue weighted by Crippen LogP contribution is 2.43. The second-order valence-corrected chi connectivity index (χ2v) is 5.79. The average molecular weight is 305 g/mol. The van der Waals surface area contributed by atoms with E-state index in [2.05, 4.69) is 11.9 Å². The summed E-state index contributed by atoms with van der Waals surface area (Å²) < 4.78 is 19.2. The summed E-state index contributed by atoms with van der Waals surface area (Å²) in [6, 6.07) is 10.0. The van der Waals surface area contributed by atoms with Crippen LogP contribution in [0.2, 0.25) is 0 Å². The summed E-state index contributed by atoms with van der Waals surface area (Å²) in [7, 11) is 0. The van der Waals surface area contributed by atoms with Crippen molar-refractivity contribution in [2.75, 3.05) is 0 Å². The Morgan fingerprint density at radius 1 is 1.35 bits per heavy atom. The van der Waals surface area contributed by atoms with Crippen LogP contribution in [0.1, 0.15) is 10.4 Å². The van der Waals surface area contributed by atoms with E-state index < -0.39 is 5.60 Å². The van der Waals surface area contributed by atoms with Gasteiger partial charge in [0.2, 0.25) is 0 Å². The fourth-order valence-corrected chi connectivity index (χ4v) is 3.65. The van der Waals surface area contributed by atoms with Gasteiger partial charge in [-0.1, -0.05) is 24.3 Å². The van der Waals surface area contributed by atoms with Gasteiger partial charge in [0.05, 0.1) is 10.9 Å². The molecule has 3 rings (SSSR count). The largest absolute Gasteiger partial charge is 0.451 e. The lowest BCUT2D eigenvalue weighted by Gasteiger charge is -2.31. The van der Waals surface area contributed by atoms with E-state index >= 15 is 0 Å². The predicted octanol–water partition coefficient (Wildman–Crippen LogP) is 3.59. The number of nitrogens with one attached hydrogen (secondary N) is 1. The first-order valence-corrected chi connectivity index (χ1v) is 7.37. The zero-order valence-electron chi connectivity index (χ0n) is 10.5. The fraction of sp³-hybridized carbons (Fsp3) is 0.133. The van der Waals surface area contributed by atoms with Crippen LogP contribution in [0.3, 0.4) is 0 Å². The standard InChI is InChI=1S/C15H12FNOS2/c1-2-12-15(18-14(19)17-12,13-4-3-9-20-13)10-5-7-11(16)8-6-10/h2-9,12H,1H2,(H,17,19)/t12-,15+/m0/s1. The van der Waals surface area contributed by atoms with Crippen LogP contribution in [0.4, 0.5) is 4.39 Å². The molecule has 2 nitrogen and oxygen atoms in total. The third kappa shape index (κ3) is 1.94. The molecule has 20 heavy (non-hydrogen) atoms. The Bertz CT molecular complexity index is 638. The lowest BCUT2D eigenvalue weighted by atomic mass is 9.85. The number of rotatable bonds is 3. The Kier molecular flexibility index (Phi) is 3.31. The Balaban J connectivity index is 2.20. The fourth-order valence-electron chi connectivity index (χ4n) is 2.46. The molecule has 102 valence electrons. The zero-order chi connectivity index (χ0) is 14.2. The summed E-state index contributed by atoms with van der Waals surface area (Å²) in [4.78, 5) is 1.00. The summed E-state index contributed by atoms with van der Waals surface area (Å²) in [6.07, 6.45) is 1.77. The Morgan fingerprint density at radius 2 is 2.10 bits per heavy atom. The summed E-state index contributed by atoms with van der Waals surface area (Å²) in [6.45, 7) is 3.85. The first-order valence-electron chi connectivity index (χ1n) is 6.09. The molecule has 0 aliphatic carbocycles.